The van der Waals surface area contributed by atoms with Crippen LogP contribution < -0.4 is 5.32 Å². The highest BCUT2D eigenvalue weighted by Crippen LogP contribution is 2.22. The van der Waals surface area contributed by atoms with E-state index < -0.39 is 0 Å². The summed E-state index contributed by atoms with van der Waals surface area (Å²) in [5, 5.41) is 3.10. The molecule has 2 unspecified atom stereocenters. The minimum atomic E-state index is -0.113. The van der Waals surface area contributed by atoms with Crippen molar-refractivity contribution in [1.29, 1.82) is 0 Å². The monoisotopic (exact) mass is 280 g/mol. The van der Waals surface area contributed by atoms with Gasteiger partial charge in [0.1, 0.15) is 5.82 Å². The van der Waals surface area contributed by atoms with Gasteiger partial charge in [0, 0.05) is 32.3 Å². The van der Waals surface area contributed by atoms with E-state index in [1.54, 1.807) is 13.2 Å². The first-order valence-corrected chi connectivity index (χ1v) is 7.31. The summed E-state index contributed by atoms with van der Waals surface area (Å²) in [6, 6.07) is 5.37. The van der Waals surface area contributed by atoms with Crippen LogP contribution in [0.2, 0.25) is 0 Å². The molecule has 20 heavy (non-hydrogen) atoms. The largest absolute Gasteiger partial charge is 0.380 e. The van der Waals surface area contributed by atoms with Crippen molar-refractivity contribution in [2.75, 3.05) is 27.2 Å². The molecule has 3 nitrogen and oxygen atoms in total. The van der Waals surface area contributed by atoms with Crippen molar-refractivity contribution < 1.29 is 9.13 Å². The van der Waals surface area contributed by atoms with Gasteiger partial charge < -0.3 is 10.1 Å². The molecule has 1 N–H and O–H groups in total. The number of ether oxygens (including phenoxy) is 1. The van der Waals surface area contributed by atoms with Crippen LogP contribution in [0.3, 0.4) is 0 Å². The first-order valence-electron chi connectivity index (χ1n) is 7.31. The molecule has 1 aromatic carbocycles. The molecule has 0 saturated carbocycles. The molecule has 112 valence electrons. The number of rotatable bonds is 5. The molecule has 0 bridgehead atoms. The fraction of sp³-hybridized carbons (Fsp3) is 0.625. The molecule has 0 radical (unpaired) electrons. The van der Waals surface area contributed by atoms with Crippen LogP contribution in [0.5, 0.6) is 0 Å². The van der Waals surface area contributed by atoms with Crippen LogP contribution in [-0.2, 0) is 17.8 Å². The lowest BCUT2D eigenvalue weighted by Crippen LogP contribution is -2.43. The van der Waals surface area contributed by atoms with Crippen LogP contribution in [0, 0.1) is 11.7 Å². The number of hydrogen-bond donors (Lipinski definition) is 1. The van der Waals surface area contributed by atoms with Crippen LogP contribution in [0.25, 0.3) is 0 Å². The Morgan fingerprint density at radius 3 is 2.95 bits per heavy atom. The molecule has 2 atom stereocenters. The quantitative estimate of drug-likeness (QED) is 0.896. The van der Waals surface area contributed by atoms with Crippen LogP contribution in [0.4, 0.5) is 4.39 Å². The second-order valence-electron chi connectivity index (χ2n) is 5.73. The van der Waals surface area contributed by atoms with E-state index in [0.717, 1.165) is 37.2 Å². The van der Waals surface area contributed by atoms with E-state index in [4.69, 9.17) is 4.74 Å². The van der Waals surface area contributed by atoms with Crippen LogP contribution in [0.15, 0.2) is 18.2 Å². The molecule has 1 aromatic rings. The lowest BCUT2D eigenvalue weighted by molar-refractivity contribution is -0.00772. The Morgan fingerprint density at radius 1 is 1.45 bits per heavy atom. The molecule has 0 aliphatic carbocycles. The number of likely N-dealkylation sites (tertiary alicyclic amines) is 1. The van der Waals surface area contributed by atoms with E-state index in [-0.39, 0.29) is 11.9 Å². The number of halogens is 1. The molecule has 1 heterocycles. The van der Waals surface area contributed by atoms with Crippen molar-refractivity contribution in [3.63, 3.8) is 0 Å². The van der Waals surface area contributed by atoms with E-state index in [1.807, 2.05) is 19.2 Å². The lowest BCUT2D eigenvalue weighted by Gasteiger charge is -2.36. The minimum Gasteiger partial charge on any atom is -0.380 e. The molecule has 1 fully saturated rings. The predicted octanol–water partition coefficient (Wildman–Crippen LogP) is 2.40. The maximum Gasteiger partial charge on any atom is 0.127 e. The van der Waals surface area contributed by atoms with Gasteiger partial charge >= 0.3 is 0 Å². The highest BCUT2D eigenvalue weighted by Gasteiger charge is 2.26. The van der Waals surface area contributed by atoms with Gasteiger partial charge in [-0.3, -0.25) is 4.90 Å². The summed E-state index contributed by atoms with van der Waals surface area (Å²) in [4.78, 5) is 2.29. The summed E-state index contributed by atoms with van der Waals surface area (Å²) < 4.78 is 19.5. The molecule has 1 saturated heterocycles. The zero-order valence-corrected chi connectivity index (χ0v) is 12.7. The highest BCUT2D eigenvalue weighted by atomic mass is 19.1. The van der Waals surface area contributed by atoms with Gasteiger partial charge in [0.25, 0.3) is 0 Å². The lowest BCUT2D eigenvalue weighted by atomic mass is 9.95. The second-order valence-corrected chi connectivity index (χ2v) is 5.73. The van der Waals surface area contributed by atoms with Crippen molar-refractivity contribution in [2.24, 2.45) is 5.92 Å². The molecule has 2 rings (SSSR count). The van der Waals surface area contributed by atoms with Crippen LogP contribution in [-0.4, -0.2) is 38.3 Å². The SMILES string of the molecule is CNCc1ccc(F)c(CN2CCC(C)C(OC)C2)c1. The Balaban J connectivity index is 2.04. The summed E-state index contributed by atoms with van der Waals surface area (Å²) in [5.41, 5.74) is 1.90. The minimum absolute atomic E-state index is 0.113. The Labute approximate surface area is 121 Å². The molecule has 4 heteroatoms. The summed E-state index contributed by atoms with van der Waals surface area (Å²) >= 11 is 0. The summed E-state index contributed by atoms with van der Waals surface area (Å²) in [6.45, 7) is 5.55. The fourth-order valence-corrected chi connectivity index (χ4v) is 2.85. The second kappa shape index (κ2) is 7.16. The first-order chi connectivity index (χ1) is 9.63. The standard InChI is InChI=1S/C16H25FN2O/c1-12-6-7-19(11-16(12)20-3)10-14-8-13(9-18-2)4-5-15(14)17/h4-5,8,12,16,18H,6-7,9-11H2,1-3H3. The van der Waals surface area contributed by atoms with Gasteiger partial charge in [-0.1, -0.05) is 19.1 Å². The molecular formula is C16H25FN2O. The third kappa shape index (κ3) is 3.78. The average molecular weight is 280 g/mol. The highest BCUT2D eigenvalue weighted by molar-refractivity contribution is 5.25. The van der Waals surface area contributed by atoms with Crippen molar-refractivity contribution in [3.8, 4) is 0 Å². The Bertz CT molecular complexity index is 438. The summed E-state index contributed by atoms with van der Waals surface area (Å²) in [7, 11) is 3.66. The number of benzene rings is 1. The van der Waals surface area contributed by atoms with E-state index >= 15 is 0 Å². The molecule has 1 aliphatic heterocycles. The van der Waals surface area contributed by atoms with Gasteiger partial charge in [-0.25, -0.2) is 4.39 Å². The molecule has 0 spiro atoms. The Hall–Kier alpha value is -0.970. The Kier molecular flexibility index (Phi) is 5.52. The number of nitrogens with zero attached hydrogens (tertiary/aromatic N) is 1. The fourth-order valence-electron chi connectivity index (χ4n) is 2.85. The molecular weight excluding hydrogens is 255 g/mol. The molecule has 0 aromatic heterocycles. The maximum atomic E-state index is 13.9. The molecule has 0 amide bonds. The van der Waals surface area contributed by atoms with Crippen LogP contribution >= 0.6 is 0 Å². The van der Waals surface area contributed by atoms with Crippen molar-refractivity contribution in [2.45, 2.75) is 32.5 Å². The topological polar surface area (TPSA) is 24.5 Å². The summed E-state index contributed by atoms with van der Waals surface area (Å²) in [5.74, 6) is 0.467. The average Bonchev–Trinajstić information content (AvgIpc) is 2.45. The van der Waals surface area contributed by atoms with Crippen LogP contribution in [0.1, 0.15) is 24.5 Å². The zero-order valence-electron chi connectivity index (χ0n) is 12.7. The number of piperidine rings is 1. The number of hydrogen-bond acceptors (Lipinski definition) is 3. The third-order valence-electron chi connectivity index (χ3n) is 4.16. The maximum absolute atomic E-state index is 13.9. The van der Waals surface area contributed by atoms with E-state index in [2.05, 4.69) is 17.1 Å². The smallest absolute Gasteiger partial charge is 0.127 e. The van der Waals surface area contributed by atoms with E-state index in [1.165, 1.54) is 0 Å². The van der Waals surface area contributed by atoms with Gasteiger partial charge in [-0.2, -0.15) is 0 Å². The van der Waals surface area contributed by atoms with Gasteiger partial charge in [-0.15, -0.1) is 0 Å². The van der Waals surface area contributed by atoms with E-state index in [9.17, 15) is 4.39 Å². The van der Waals surface area contributed by atoms with Gasteiger partial charge in [0.05, 0.1) is 6.10 Å². The summed E-state index contributed by atoms with van der Waals surface area (Å²) in [6.07, 6.45) is 1.36. The van der Waals surface area contributed by atoms with Gasteiger partial charge in [0.15, 0.2) is 0 Å². The van der Waals surface area contributed by atoms with Gasteiger partial charge in [0.2, 0.25) is 0 Å². The van der Waals surface area contributed by atoms with E-state index in [0.29, 0.717) is 12.5 Å². The first kappa shape index (κ1) is 15.4. The number of methoxy groups -OCH3 is 1. The normalized spacial score (nSPS) is 24.0. The van der Waals surface area contributed by atoms with Crippen molar-refractivity contribution in [3.05, 3.63) is 35.1 Å². The van der Waals surface area contributed by atoms with Crippen molar-refractivity contribution in [1.82, 2.24) is 10.2 Å². The Morgan fingerprint density at radius 2 is 2.25 bits per heavy atom. The van der Waals surface area contributed by atoms with Gasteiger partial charge in [-0.05, 0) is 37.6 Å². The predicted molar refractivity (Wildman–Crippen MR) is 79.0 cm³/mol. The molecule has 1 aliphatic rings. The third-order valence-corrected chi connectivity index (χ3v) is 4.16. The van der Waals surface area contributed by atoms with Crippen molar-refractivity contribution >= 4 is 0 Å². The zero-order chi connectivity index (χ0) is 14.5. The number of nitrogens with one attached hydrogen (secondary N) is 1.